The molecule has 2 heterocycles. The molecule has 6 heteroatoms. The van der Waals surface area contributed by atoms with Gasteiger partial charge in [-0.15, -0.1) is 20.5 Å². The highest BCUT2D eigenvalue weighted by atomic mass is 16.5. The third-order valence-corrected chi connectivity index (χ3v) is 6.40. The van der Waals surface area contributed by atoms with Gasteiger partial charge in [-0.1, -0.05) is 0 Å². The molecule has 2 rings (SSSR count). The van der Waals surface area contributed by atoms with Crippen LogP contribution < -0.4 is 10.6 Å². The van der Waals surface area contributed by atoms with Crippen LogP contribution in [0.5, 0.6) is 0 Å². The van der Waals surface area contributed by atoms with Crippen LogP contribution in [0.3, 0.4) is 0 Å². The Morgan fingerprint density at radius 2 is 0.889 bits per heavy atom. The molecule has 0 bridgehead atoms. The number of nitrogens with one attached hydrogen (secondary N) is 2. The molecule has 0 spiro atoms. The van der Waals surface area contributed by atoms with Crippen molar-refractivity contribution >= 4 is 0 Å². The predicted molar refractivity (Wildman–Crippen MR) is 108 cm³/mol. The highest BCUT2D eigenvalue weighted by Crippen LogP contribution is 2.38. The number of hydroxylamine groups is 4. The van der Waals surface area contributed by atoms with Crippen molar-refractivity contribution in [3.8, 4) is 0 Å². The van der Waals surface area contributed by atoms with Crippen molar-refractivity contribution in [2.75, 3.05) is 13.1 Å². The van der Waals surface area contributed by atoms with Crippen molar-refractivity contribution in [1.29, 1.82) is 0 Å². The molecule has 2 saturated heterocycles. The topological polar surface area (TPSA) is 70.3 Å². The van der Waals surface area contributed by atoms with Crippen LogP contribution in [-0.4, -0.2) is 57.5 Å². The number of nitrogens with zero attached hydrogens (tertiary/aromatic N) is 2. The van der Waals surface area contributed by atoms with Crippen LogP contribution in [0.2, 0.25) is 0 Å². The molecule has 2 N–H and O–H groups in total. The fourth-order valence-electron chi connectivity index (χ4n) is 5.52. The van der Waals surface area contributed by atoms with E-state index < -0.39 is 0 Å². The van der Waals surface area contributed by atoms with Crippen molar-refractivity contribution in [1.82, 2.24) is 20.8 Å². The number of hydrogen-bond acceptors (Lipinski definition) is 4. The average Bonchev–Trinajstić information content (AvgIpc) is 2.49. The van der Waals surface area contributed by atoms with Crippen LogP contribution in [0.4, 0.5) is 0 Å². The minimum atomic E-state index is -0.318. The molecule has 6 nitrogen and oxygen atoms in total. The van der Waals surface area contributed by atoms with Crippen molar-refractivity contribution in [2.24, 2.45) is 0 Å². The first-order valence-corrected chi connectivity index (χ1v) is 10.6. The van der Waals surface area contributed by atoms with Crippen LogP contribution in [0.25, 0.3) is 0 Å². The monoisotopic (exact) mass is 382 g/mol. The summed E-state index contributed by atoms with van der Waals surface area (Å²) in [6.07, 6.45) is 4.60. The van der Waals surface area contributed by atoms with Gasteiger partial charge in [0, 0.05) is 34.2 Å². The first kappa shape index (κ1) is 23.0. The Labute approximate surface area is 166 Å². The maximum Gasteiger partial charge on any atom is 0.0458 e. The fraction of sp³-hybridized carbons (Fsp3) is 1.00. The molecule has 0 aromatic carbocycles. The molecule has 0 aromatic rings. The summed E-state index contributed by atoms with van der Waals surface area (Å²) in [6.45, 7) is 18.3. The SMILES string of the molecule is CC1(C)CC(NCCCNC2CC(C)(C)N([O])C(C)(C)C2)CC(C)(C)N1[O]. The van der Waals surface area contributed by atoms with Gasteiger partial charge in [0.25, 0.3) is 0 Å². The maximum absolute atomic E-state index is 12.4. The summed E-state index contributed by atoms with van der Waals surface area (Å²) < 4.78 is 0. The second-order valence-electron chi connectivity index (χ2n) is 11.3. The van der Waals surface area contributed by atoms with Gasteiger partial charge in [0.1, 0.15) is 0 Å². The molecule has 0 aromatic heterocycles. The molecule has 27 heavy (non-hydrogen) atoms. The molecule has 0 saturated carbocycles. The molecule has 0 atom stereocenters. The second kappa shape index (κ2) is 7.88. The third-order valence-electron chi connectivity index (χ3n) is 6.40. The molecule has 2 radical (unpaired) electrons. The lowest BCUT2D eigenvalue weighted by Gasteiger charge is -2.50. The minimum Gasteiger partial charge on any atom is -0.314 e. The lowest BCUT2D eigenvalue weighted by Crippen LogP contribution is -2.62. The quantitative estimate of drug-likeness (QED) is 0.692. The molecule has 2 aliphatic heterocycles. The molecule has 0 unspecified atom stereocenters. The number of piperidine rings is 2. The lowest BCUT2D eigenvalue weighted by molar-refractivity contribution is -0.290. The lowest BCUT2D eigenvalue weighted by atomic mass is 9.79. The van der Waals surface area contributed by atoms with E-state index in [9.17, 15) is 10.4 Å². The standard InChI is InChI=1S/C21H42N4O2/c1-18(2)12-16(13-19(3,4)24(18)26)22-10-9-11-23-17-14-20(5,6)25(27)21(7,8)15-17/h16-17,22-23H,9-15H2,1-8H3. The van der Waals surface area contributed by atoms with Gasteiger partial charge in [0.15, 0.2) is 0 Å². The van der Waals surface area contributed by atoms with Gasteiger partial charge in [-0.25, -0.2) is 0 Å². The normalized spacial score (nSPS) is 29.1. The van der Waals surface area contributed by atoms with E-state index in [-0.39, 0.29) is 22.2 Å². The zero-order valence-electron chi connectivity index (χ0n) is 18.8. The summed E-state index contributed by atoms with van der Waals surface area (Å²) in [4.78, 5) is 0. The van der Waals surface area contributed by atoms with Gasteiger partial charge in [-0.2, -0.15) is 0 Å². The van der Waals surface area contributed by atoms with Crippen molar-refractivity contribution in [3.63, 3.8) is 0 Å². The van der Waals surface area contributed by atoms with Crippen LogP contribution in [0.15, 0.2) is 0 Å². The van der Waals surface area contributed by atoms with Gasteiger partial charge in [0.05, 0.1) is 0 Å². The van der Waals surface area contributed by atoms with E-state index in [1.807, 2.05) is 55.4 Å². The van der Waals surface area contributed by atoms with Crippen molar-refractivity contribution in [2.45, 2.75) is 122 Å². The summed E-state index contributed by atoms with van der Waals surface area (Å²) in [6, 6.07) is 0.781. The smallest absolute Gasteiger partial charge is 0.0458 e. The van der Waals surface area contributed by atoms with Crippen LogP contribution in [0, 0.1) is 0 Å². The summed E-state index contributed by atoms with van der Waals surface area (Å²) in [7, 11) is 0. The fourth-order valence-corrected chi connectivity index (χ4v) is 5.52. The largest absolute Gasteiger partial charge is 0.314 e. The van der Waals surface area contributed by atoms with E-state index in [0.29, 0.717) is 12.1 Å². The maximum atomic E-state index is 12.4. The Morgan fingerprint density at radius 3 is 1.15 bits per heavy atom. The molecule has 0 amide bonds. The Bertz CT molecular complexity index is 424. The summed E-state index contributed by atoms with van der Waals surface area (Å²) in [5.74, 6) is 0. The van der Waals surface area contributed by atoms with Crippen molar-refractivity contribution in [3.05, 3.63) is 0 Å². The van der Waals surface area contributed by atoms with Crippen LogP contribution in [0.1, 0.15) is 87.5 Å². The second-order valence-corrected chi connectivity index (χ2v) is 11.3. The number of rotatable bonds is 6. The predicted octanol–water partition coefficient (Wildman–Crippen LogP) is 3.29. The van der Waals surface area contributed by atoms with E-state index in [0.717, 1.165) is 45.2 Å². The summed E-state index contributed by atoms with van der Waals surface area (Å²) in [5.41, 5.74) is -1.27. The number of hydrogen-bond donors (Lipinski definition) is 2. The van der Waals surface area contributed by atoms with Gasteiger partial charge < -0.3 is 10.6 Å². The van der Waals surface area contributed by atoms with E-state index >= 15 is 0 Å². The minimum absolute atomic E-state index is 0.318. The van der Waals surface area contributed by atoms with Crippen LogP contribution >= 0.6 is 0 Å². The average molecular weight is 383 g/mol. The molecule has 158 valence electrons. The molecule has 2 fully saturated rings. The Morgan fingerprint density at radius 1 is 0.630 bits per heavy atom. The zero-order chi connectivity index (χ0) is 20.7. The summed E-state index contributed by atoms with van der Waals surface area (Å²) >= 11 is 0. The molecule has 0 aliphatic carbocycles. The van der Waals surface area contributed by atoms with Gasteiger partial charge in [0.2, 0.25) is 0 Å². The van der Waals surface area contributed by atoms with Crippen molar-refractivity contribution < 1.29 is 10.4 Å². The molecule has 2 aliphatic rings. The molecular weight excluding hydrogens is 340 g/mol. The summed E-state index contributed by atoms with van der Waals surface area (Å²) in [5, 5.41) is 34.8. The Balaban J connectivity index is 1.73. The van der Waals surface area contributed by atoms with E-state index in [4.69, 9.17) is 0 Å². The first-order valence-electron chi connectivity index (χ1n) is 10.6. The van der Waals surface area contributed by atoms with E-state index in [1.54, 1.807) is 0 Å². The van der Waals surface area contributed by atoms with Crippen LogP contribution in [-0.2, 0) is 10.4 Å². The van der Waals surface area contributed by atoms with Gasteiger partial charge in [-0.3, -0.25) is 0 Å². The highest BCUT2D eigenvalue weighted by molar-refractivity contribution is 4.99. The van der Waals surface area contributed by atoms with E-state index in [2.05, 4.69) is 10.6 Å². The van der Waals surface area contributed by atoms with Gasteiger partial charge in [-0.05, 0) is 101 Å². The third kappa shape index (κ3) is 5.43. The first-order chi connectivity index (χ1) is 12.2. The van der Waals surface area contributed by atoms with E-state index in [1.165, 1.54) is 10.1 Å². The Kier molecular flexibility index (Phi) is 6.73. The highest BCUT2D eigenvalue weighted by Gasteiger charge is 2.47. The molecular formula is C21H42N4O2. The van der Waals surface area contributed by atoms with Gasteiger partial charge >= 0.3 is 0 Å². The zero-order valence-corrected chi connectivity index (χ0v) is 18.8. The Hall–Kier alpha value is -0.240.